The minimum Gasteiger partial charge on any atom is -0.378 e. The topological polar surface area (TPSA) is 85.2 Å². The molecule has 134 valence electrons. The van der Waals surface area contributed by atoms with Crippen LogP contribution in [0.25, 0.3) is 11.0 Å². The number of rotatable bonds is 4. The number of nitrogens with one attached hydrogen (secondary N) is 1. The summed E-state index contributed by atoms with van der Waals surface area (Å²) in [5.74, 6) is 0.871. The highest BCUT2D eigenvalue weighted by atomic mass is 16.5. The summed E-state index contributed by atoms with van der Waals surface area (Å²) in [5.41, 5.74) is 0.704. The maximum Gasteiger partial charge on any atom is 0.242 e. The predicted molar refractivity (Wildman–Crippen MR) is 93.4 cm³/mol. The van der Waals surface area contributed by atoms with E-state index in [2.05, 4.69) is 25.3 Å². The third-order valence-corrected chi connectivity index (χ3v) is 4.99. The molecule has 2 aromatic rings. The monoisotopic (exact) mass is 344 g/mol. The van der Waals surface area contributed by atoms with Gasteiger partial charge in [-0.15, -0.1) is 0 Å². The Kier molecular flexibility index (Phi) is 4.78. The van der Waals surface area contributed by atoms with Crippen LogP contribution in [0, 0.1) is 0 Å². The molecule has 1 saturated carbocycles. The average molecular weight is 344 g/mol. The van der Waals surface area contributed by atoms with Gasteiger partial charge in [0.05, 0.1) is 24.8 Å². The lowest BCUT2D eigenvalue weighted by Crippen LogP contribution is -2.38. The summed E-state index contributed by atoms with van der Waals surface area (Å²) in [5, 5.41) is 8.39. The molecule has 0 bridgehead atoms. The molecule has 0 unspecified atom stereocenters. The Morgan fingerprint density at radius 3 is 2.80 bits per heavy atom. The fourth-order valence-electron chi connectivity index (χ4n) is 3.68. The number of ether oxygens (including phenoxy) is 1. The smallest absolute Gasteiger partial charge is 0.242 e. The van der Waals surface area contributed by atoms with E-state index in [4.69, 9.17) is 4.74 Å². The zero-order valence-corrected chi connectivity index (χ0v) is 14.4. The van der Waals surface area contributed by atoms with E-state index in [-0.39, 0.29) is 12.5 Å². The minimum atomic E-state index is 0.00318. The van der Waals surface area contributed by atoms with E-state index in [0.717, 1.165) is 37.1 Å². The van der Waals surface area contributed by atoms with Crippen LogP contribution in [0.15, 0.2) is 12.5 Å². The highest BCUT2D eigenvalue weighted by Crippen LogP contribution is 2.23. The van der Waals surface area contributed by atoms with Crippen LogP contribution in [0.5, 0.6) is 0 Å². The summed E-state index contributed by atoms with van der Waals surface area (Å²) < 4.78 is 7.07. The van der Waals surface area contributed by atoms with Crippen molar-refractivity contribution in [2.24, 2.45) is 0 Å². The van der Waals surface area contributed by atoms with Crippen LogP contribution in [-0.4, -0.2) is 58.0 Å². The number of hydrogen-bond acceptors (Lipinski definition) is 6. The SMILES string of the molecule is O=C(Cn1ncc2c(N3CCOCC3)ncnc21)NC1CCCCC1. The molecule has 25 heavy (non-hydrogen) atoms. The van der Waals surface area contributed by atoms with Crippen molar-refractivity contribution in [3.05, 3.63) is 12.5 Å². The lowest BCUT2D eigenvalue weighted by molar-refractivity contribution is -0.122. The van der Waals surface area contributed by atoms with Crippen molar-refractivity contribution in [2.75, 3.05) is 31.2 Å². The number of hydrogen-bond donors (Lipinski definition) is 1. The van der Waals surface area contributed by atoms with Crippen LogP contribution < -0.4 is 10.2 Å². The second kappa shape index (κ2) is 7.35. The molecular formula is C17H24N6O2. The Bertz CT molecular complexity index is 734. The summed E-state index contributed by atoms with van der Waals surface area (Å²) >= 11 is 0. The van der Waals surface area contributed by atoms with E-state index in [9.17, 15) is 4.79 Å². The summed E-state index contributed by atoms with van der Waals surface area (Å²) in [7, 11) is 0. The molecule has 8 nitrogen and oxygen atoms in total. The number of morpholine rings is 1. The minimum absolute atomic E-state index is 0.00318. The van der Waals surface area contributed by atoms with Gasteiger partial charge < -0.3 is 15.0 Å². The molecule has 8 heteroatoms. The van der Waals surface area contributed by atoms with Crippen molar-refractivity contribution in [3.63, 3.8) is 0 Å². The quantitative estimate of drug-likeness (QED) is 0.894. The van der Waals surface area contributed by atoms with Crippen molar-refractivity contribution in [2.45, 2.75) is 44.7 Å². The van der Waals surface area contributed by atoms with Gasteiger partial charge in [-0.05, 0) is 12.8 Å². The Hall–Kier alpha value is -2.22. The molecule has 1 aliphatic heterocycles. The Balaban J connectivity index is 1.49. The molecule has 4 rings (SSSR count). The second-order valence-corrected chi connectivity index (χ2v) is 6.74. The van der Waals surface area contributed by atoms with Crippen molar-refractivity contribution in [1.29, 1.82) is 0 Å². The Morgan fingerprint density at radius 1 is 1.20 bits per heavy atom. The Morgan fingerprint density at radius 2 is 2.00 bits per heavy atom. The Labute approximate surface area is 146 Å². The highest BCUT2D eigenvalue weighted by Gasteiger charge is 2.20. The van der Waals surface area contributed by atoms with Crippen LogP contribution in [-0.2, 0) is 16.1 Å². The number of nitrogens with zero attached hydrogens (tertiary/aromatic N) is 5. The maximum atomic E-state index is 12.4. The normalized spacial score (nSPS) is 19.3. The van der Waals surface area contributed by atoms with Gasteiger partial charge in [0.25, 0.3) is 0 Å². The molecule has 0 aromatic carbocycles. The number of aromatic nitrogens is 4. The van der Waals surface area contributed by atoms with Crippen LogP contribution >= 0.6 is 0 Å². The van der Waals surface area contributed by atoms with Gasteiger partial charge in [0.2, 0.25) is 5.91 Å². The number of carbonyl (C=O) groups is 1. The summed E-state index contributed by atoms with van der Waals surface area (Å²) in [6.07, 6.45) is 9.14. The number of carbonyl (C=O) groups excluding carboxylic acids is 1. The fourth-order valence-corrected chi connectivity index (χ4v) is 3.68. The molecule has 2 aromatic heterocycles. The van der Waals surface area contributed by atoms with E-state index < -0.39 is 0 Å². The molecule has 1 N–H and O–H groups in total. The fraction of sp³-hybridized carbons (Fsp3) is 0.647. The lowest BCUT2D eigenvalue weighted by atomic mass is 9.95. The van der Waals surface area contributed by atoms with E-state index in [1.54, 1.807) is 17.2 Å². The predicted octanol–water partition coefficient (Wildman–Crippen LogP) is 1.11. The standard InChI is InChI=1S/C17H24N6O2/c24-15(21-13-4-2-1-3-5-13)11-23-17-14(10-20-23)16(18-12-19-17)22-6-8-25-9-7-22/h10,12-13H,1-9,11H2,(H,21,24). The summed E-state index contributed by atoms with van der Waals surface area (Å²) in [6, 6.07) is 0.307. The van der Waals surface area contributed by atoms with Crippen molar-refractivity contribution < 1.29 is 9.53 Å². The molecule has 0 spiro atoms. The first-order valence-electron chi connectivity index (χ1n) is 9.10. The maximum absolute atomic E-state index is 12.4. The van der Waals surface area contributed by atoms with Crippen molar-refractivity contribution in [3.8, 4) is 0 Å². The van der Waals surface area contributed by atoms with Gasteiger partial charge in [-0.1, -0.05) is 19.3 Å². The van der Waals surface area contributed by atoms with E-state index in [0.29, 0.717) is 24.9 Å². The summed E-state index contributed by atoms with van der Waals surface area (Å²) in [4.78, 5) is 23.3. The molecule has 1 aliphatic carbocycles. The highest BCUT2D eigenvalue weighted by molar-refractivity contribution is 5.88. The molecule has 3 heterocycles. The van der Waals surface area contributed by atoms with Gasteiger partial charge in [0, 0.05) is 19.1 Å². The number of anilines is 1. The third kappa shape index (κ3) is 3.58. The van der Waals surface area contributed by atoms with Gasteiger partial charge in [-0.3, -0.25) is 4.79 Å². The van der Waals surface area contributed by atoms with Gasteiger partial charge in [0.1, 0.15) is 18.7 Å². The first-order valence-corrected chi connectivity index (χ1v) is 9.10. The lowest BCUT2D eigenvalue weighted by Gasteiger charge is -2.27. The number of amides is 1. The molecule has 1 amide bonds. The van der Waals surface area contributed by atoms with Gasteiger partial charge in [0.15, 0.2) is 5.65 Å². The second-order valence-electron chi connectivity index (χ2n) is 6.74. The molecule has 0 atom stereocenters. The van der Waals surface area contributed by atoms with E-state index >= 15 is 0 Å². The van der Waals surface area contributed by atoms with Crippen LogP contribution in [0.2, 0.25) is 0 Å². The third-order valence-electron chi connectivity index (χ3n) is 4.99. The van der Waals surface area contributed by atoms with Gasteiger partial charge >= 0.3 is 0 Å². The van der Waals surface area contributed by atoms with Crippen molar-refractivity contribution in [1.82, 2.24) is 25.1 Å². The molecular weight excluding hydrogens is 320 g/mol. The van der Waals surface area contributed by atoms with Crippen LogP contribution in [0.4, 0.5) is 5.82 Å². The zero-order chi connectivity index (χ0) is 17.1. The average Bonchev–Trinajstić information content (AvgIpc) is 3.06. The molecule has 0 radical (unpaired) electrons. The molecule has 1 saturated heterocycles. The van der Waals surface area contributed by atoms with Crippen LogP contribution in [0.3, 0.4) is 0 Å². The zero-order valence-electron chi connectivity index (χ0n) is 14.4. The number of fused-ring (bicyclic) bond motifs is 1. The largest absolute Gasteiger partial charge is 0.378 e. The van der Waals surface area contributed by atoms with Gasteiger partial charge in [-0.2, -0.15) is 5.10 Å². The van der Waals surface area contributed by atoms with Gasteiger partial charge in [-0.25, -0.2) is 14.6 Å². The first-order chi connectivity index (χ1) is 12.3. The molecule has 2 fully saturated rings. The van der Waals surface area contributed by atoms with E-state index in [1.807, 2.05) is 0 Å². The first kappa shape index (κ1) is 16.3. The molecule has 2 aliphatic rings. The summed E-state index contributed by atoms with van der Waals surface area (Å²) in [6.45, 7) is 3.20. The van der Waals surface area contributed by atoms with E-state index in [1.165, 1.54) is 19.3 Å². The van der Waals surface area contributed by atoms with Crippen LogP contribution in [0.1, 0.15) is 32.1 Å². The van der Waals surface area contributed by atoms with Crippen molar-refractivity contribution >= 4 is 22.8 Å².